The van der Waals surface area contributed by atoms with E-state index in [0.29, 0.717) is 19.3 Å². The zero-order chi connectivity index (χ0) is 59.2. The number of carbonyl (C=O) groups excluding carboxylic acids is 3. The largest absolute Gasteiger partial charge is 0.462 e. The lowest BCUT2D eigenvalue weighted by atomic mass is 10.0. The molecule has 0 spiro atoms. The Bertz CT molecular complexity index is 1240. The molecule has 6 nitrogen and oxygen atoms in total. The number of ether oxygens (including phenoxy) is 3. The van der Waals surface area contributed by atoms with E-state index in [4.69, 9.17) is 14.2 Å². The molecular formula is C76H148O6. The Morgan fingerprint density at radius 3 is 0.488 bits per heavy atom. The Morgan fingerprint density at radius 2 is 0.329 bits per heavy atom. The third-order valence-corrected chi connectivity index (χ3v) is 17.9. The molecule has 0 aromatic heterocycles. The summed E-state index contributed by atoms with van der Waals surface area (Å²) in [6, 6.07) is 0. The molecule has 0 radical (unpaired) electrons. The van der Waals surface area contributed by atoms with Crippen LogP contribution < -0.4 is 0 Å². The molecule has 0 fully saturated rings. The van der Waals surface area contributed by atoms with Crippen LogP contribution in [0.3, 0.4) is 0 Å². The van der Waals surface area contributed by atoms with E-state index in [1.54, 1.807) is 0 Å². The van der Waals surface area contributed by atoms with Gasteiger partial charge in [-0.1, -0.05) is 412 Å². The number of hydrogen-bond donors (Lipinski definition) is 0. The maximum atomic E-state index is 12.9. The van der Waals surface area contributed by atoms with Crippen molar-refractivity contribution in [3.63, 3.8) is 0 Å². The van der Waals surface area contributed by atoms with E-state index in [-0.39, 0.29) is 31.1 Å². The van der Waals surface area contributed by atoms with Gasteiger partial charge in [-0.2, -0.15) is 0 Å². The van der Waals surface area contributed by atoms with E-state index in [1.807, 2.05) is 0 Å². The van der Waals surface area contributed by atoms with E-state index in [1.165, 1.54) is 353 Å². The monoisotopic (exact) mass is 1160 g/mol. The van der Waals surface area contributed by atoms with Gasteiger partial charge in [-0.25, -0.2) is 0 Å². The van der Waals surface area contributed by atoms with Gasteiger partial charge in [-0.3, -0.25) is 14.4 Å². The van der Waals surface area contributed by atoms with Crippen LogP contribution in [0.2, 0.25) is 0 Å². The SMILES string of the molecule is CCCCCCCCCCCCCCCCCCCCCCCCCCCCCCCCCCCCCC(=O)OCC(COC(=O)CCCCCCCCCC)OC(=O)CCCCCCCCCCCCCCCCCCCCCCC. The third-order valence-electron chi connectivity index (χ3n) is 17.9. The van der Waals surface area contributed by atoms with E-state index >= 15 is 0 Å². The van der Waals surface area contributed by atoms with Gasteiger partial charge in [-0.05, 0) is 19.3 Å². The molecular weight excluding hydrogens is 1010 g/mol. The first-order chi connectivity index (χ1) is 40.5. The van der Waals surface area contributed by atoms with Gasteiger partial charge in [-0.15, -0.1) is 0 Å². The number of esters is 3. The zero-order valence-corrected chi connectivity index (χ0v) is 56.3. The Balaban J connectivity index is 3.92. The van der Waals surface area contributed by atoms with Crippen LogP contribution in [0, 0.1) is 0 Å². The fraction of sp³-hybridized carbons (Fsp3) is 0.961. The molecule has 6 heteroatoms. The van der Waals surface area contributed by atoms with Crippen molar-refractivity contribution in [3.8, 4) is 0 Å². The molecule has 488 valence electrons. The predicted octanol–water partition coefficient (Wildman–Crippen LogP) is 26.2. The summed E-state index contributed by atoms with van der Waals surface area (Å²) in [5, 5.41) is 0. The van der Waals surface area contributed by atoms with Gasteiger partial charge < -0.3 is 14.2 Å². The minimum Gasteiger partial charge on any atom is -0.462 e. The van der Waals surface area contributed by atoms with Crippen LogP contribution in [-0.4, -0.2) is 37.2 Å². The maximum Gasteiger partial charge on any atom is 0.306 e. The van der Waals surface area contributed by atoms with Crippen molar-refractivity contribution in [2.45, 2.75) is 457 Å². The molecule has 0 aromatic carbocycles. The van der Waals surface area contributed by atoms with E-state index in [9.17, 15) is 14.4 Å². The lowest BCUT2D eigenvalue weighted by molar-refractivity contribution is -0.167. The standard InChI is InChI=1S/C76H148O6/c1-4-7-10-13-16-19-21-23-25-27-29-31-32-33-34-35-36-37-38-39-40-41-42-43-44-46-47-49-51-53-55-57-60-63-66-69-75(78)81-72-73(71-80-74(77)68-65-62-59-18-15-12-9-6-3)82-76(79)70-67-64-61-58-56-54-52-50-48-45-30-28-26-24-22-20-17-14-11-8-5-2/h73H,4-72H2,1-3H3. The van der Waals surface area contributed by atoms with Gasteiger partial charge in [0.1, 0.15) is 13.2 Å². The third kappa shape index (κ3) is 69.2. The second kappa shape index (κ2) is 71.9. The van der Waals surface area contributed by atoms with Gasteiger partial charge >= 0.3 is 17.9 Å². The summed E-state index contributed by atoms with van der Waals surface area (Å²) in [6.45, 7) is 6.71. The summed E-state index contributed by atoms with van der Waals surface area (Å²) >= 11 is 0. The smallest absolute Gasteiger partial charge is 0.306 e. The van der Waals surface area contributed by atoms with Crippen molar-refractivity contribution in [2.75, 3.05) is 13.2 Å². The second-order valence-corrected chi connectivity index (χ2v) is 26.3. The molecule has 0 amide bonds. The lowest BCUT2D eigenvalue weighted by Crippen LogP contribution is -2.30. The van der Waals surface area contributed by atoms with Gasteiger partial charge in [0, 0.05) is 19.3 Å². The van der Waals surface area contributed by atoms with E-state index < -0.39 is 6.10 Å². The Morgan fingerprint density at radius 1 is 0.195 bits per heavy atom. The predicted molar refractivity (Wildman–Crippen MR) is 358 cm³/mol. The molecule has 1 atom stereocenters. The summed E-state index contributed by atoms with van der Waals surface area (Å²) in [5.74, 6) is -0.828. The Hall–Kier alpha value is -1.59. The zero-order valence-electron chi connectivity index (χ0n) is 56.3. The highest BCUT2D eigenvalue weighted by atomic mass is 16.6. The molecule has 0 bridgehead atoms. The fourth-order valence-corrected chi connectivity index (χ4v) is 12.2. The molecule has 0 saturated heterocycles. The van der Waals surface area contributed by atoms with Gasteiger partial charge in [0.05, 0.1) is 0 Å². The summed E-state index contributed by atoms with van der Waals surface area (Å²) in [7, 11) is 0. The van der Waals surface area contributed by atoms with Crippen LogP contribution >= 0.6 is 0 Å². The fourth-order valence-electron chi connectivity index (χ4n) is 12.2. The summed E-state index contributed by atoms with van der Waals surface area (Å²) in [4.78, 5) is 38.3. The normalized spacial score (nSPS) is 11.9. The molecule has 0 aromatic rings. The topological polar surface area (TPSA) is 78.9 Å². The van der Waals surface area contributed by atoms with Crippen molar-refractivity contribution >= 4 is 17.9 Å². The molecule has 0 saturated carbocycles. The van der Waals surface area contributed by atoms with E-state index in [0.717, 1.165) is 57.8 Å². The van der Waals surface area contributed by atoms with Crippen LogP contribution in [0.1, 0.15) is 451 Å². The minimum absolute atomic E-state index is 0.0609. The Kier molecular flexibility index (Phi) is 70.5. The van der Waals surface area contributed by atoms with Crippen molar-refractivity contribution in [3.05, 3.63) is 0 Å². The number of carbonyl (C=O) groups is 3. The summed E-state index contributed by atoms with van der Waals surface area (Å²) < 4.78 is 16.9. The molecule has 0 heterocycles. The number of rotatable bonds is 72. The number of hydrogen-bond acceptors (Lipinski definition) is 6. The lowest BCUT2D eigenvalue weighted by Gasteiger charge is -2.18. The van der Waals surface area contributed by atoms with Gasteiger partial charge in [0.15, 0.2) is 6.10 Å². The van der Waals surface area contributed by atoms with Gasteiger partial charge in [0.25, 0.3) is 0 Å². The molecule has 0 aliphatic carbocycles. The Labute approximate surface area is 514 Å². The maximum absolute atomic E-state index is 12.9. The molecule has 82 heavy (non-hydrogen) atoms. The highest BCUT2D eigenvalue weighted by Crippen LogP contribution is 2.20. The van der Waals surface area contributed by atoms with Crippen molar-refractivity contribution in [1.82, 2.24) is 0 Å². The van der Waals surface area contributed by atoms with Crippen molar-refractivity contribution in [1.29, 1.82) is 0 Å². The molecule has 1 unspecified atom stereocenters. The minimum atomic E-state index is -0.762. The van der Waals surface area contributed by atoms with Crippen LogP contribution in [-0.2, 0) is 28.6 Å². The summed E-state index contributed by atoms with van der Waals surface area (Å²) in [5.41, 5.74) is 0. The van der Waals surface area contributed by atoms with Crippen molar-refractivity contribution < 1.29 is 28.6 Å². The first-order valence-electron chi connectivity index (χ1n) is 38.0. The van der Waals surface area contributed by atoms with E-state index in [2.05, 4.69) is 20.8 Å². The first-order valence-corrected chi connectivity index (χ1v) is 38.0. The molecule has 0 aliphatic heterocycles. The molecule has 0 aliphatic rings. The van der Waals surface area contributed by atoms with Crippen LogP contribution in [0.5, 0.6) is 0 Å². The second-order valence-electron chi connectivity index (χ2n) is 26.3. The van der Waals surface area contributed by atoms with Gasteiger partial charge in [0.2, 0.25) is 0 Å². The van der Waals surface area contributed by atoms with Crippen LogP contribution in [0.15, 0.2) is 0 Å². The first kappa shape index (κ1) is 80.4. The molecule has 0 N–H and O–H groups in total. The average molecular weight is 1160 g/mol. The molecule has 0 rings (SSSR count). The average Bonchev–Trinajstić information content (AvgIpc) is 3.47. The van der Waals surface area contributed by atoms with Crippen LogP contribution in [0.25, 0.3) is 0 Å². The van der Waals surface area contributed by atoms with Crippen molar-refractivity contribution in [2.24, 2.45) is 0 Å². The summed E-state index contributed by atoms with van der Waals surface area (Å²) in [6.07, 6.45) is 86.3. The highest BCUT2D eigenvalue weighted by molar-refractivity contribution is 5.71. The number of unbranched alkanes of at least 4 members (excludes halogenated alkanes) is 61. The quantitative estimate of drug-likeness (QED) is 0.0343. The highest BCUT2D eigenvalue weighted by Gasteiger charge is 2.20. The van der Waals surface area contributed by atoms with Crippen LogP contribution in [0.4, 0.5) is 0 Å².